The lowest BCUT2D eigenvalue weighted by molar-refractivity contribution is -0.130. The Hall–Kier alpha value is -1.59. The Morgan fingerprint density at radius 1 is 1.32 bits per heavy atom. The van der Waals surface area contributed by atoms with Gasteiger partial charge in [0.2, 0.25) is 0 Å². The van der Waals surface area contributed by atoms with Crippen LogP contribution in [0.3, 0.4) is 0 Å². The quantitative estimate of drug-likeness (QED) is 0.883. The summed E-state index contributed by atoms with van der Waals surface area (Å²) in [5.74, 6) is 0.584. The van der Waals surface area contributed by atoms with Gasteiger partial charge in [-0.3, -0.25) is 10.2 Å². The van der Waals surface area contributed by atoms with Crippen molar-refractivity contribution in [2.45, 2.75) is 13.8 Å². The Kier molecular flexibility index (Phi) is 4.76. The van der Waals surface area contributed by atoms with Crippen LogP contribution in [0.4, 0.5) is 0 Å². The van der Waals surface area contributed by atoms with Gasteiger partial charge in [0.05, 0.1) is 13.2 Å². The third-order valence-electron chi connectivity index (χ3n) is 3.14. The van der Waals surface area contributed by atoms with Crippen LogP contribution < -0.4 is 10.2 Å². The first-order valence-corrected chi connectivity index (χ1v) is 6.47. The Morgan fingerprint density at radius 3 is 2.74 bits per heavy atom. The summed E-state index contributed by atoms with van der Waals surface area (Å²) in [7, 11) is 0. The summed E-state index contributed by atoms with van der Waals surface area (Å²) < 4.78 is 10.7. The summed E-state index contributed by atoms with van der Waals surface area (Å²) in [6.07, 6.45) is 0. The van der Waals surface area contributed by atoms with Crippen LogP contribution >= 0.6 is 0 Å². The highest BCUT2D eigenvalue weighted by Crippen LogP contribution is 2.16. The van der Waals surface area contributed by atoms with Gasteiger partial charge in [-0.1, -0.05) is 6.07 Å². The maximum absolute atomic E-state index is 11.7. The molecular weight excluding hydrogens is 244 g/mol. The number of benzene rings is 1. The Labute approximate surface area is 113 Å². The molecule has 0 saturated carbocycles. The molecule has 5 heteroatoms. The maximum Gasteiger partial charge on any atom is 0.272 e. The zero-order chi connectivity index (χ0) is 13.7. The van der Waals surface area contributed by atoms with E-state index in [1.807, 2.05) is 37.1 Å². The largest absolute Gasteiger partial charge is 0.484 e. The fourth-order valence-corrected chi connectivity index (χ4v) is 1.84. The van der Waals surface area contributed by atoms with Crippen LogP contribution in [0.5, 0.6) is 5.75 Å². The summed E-state index contributed by atoms with van der Waals surface area (Å²) in [5, 5.41) is 1.86. The maximum atomic E-state index is 11.7. The number of amides is 1. The third kappa shape index (κ3) is 4.22. The smallest absolute Gasteiger partial charge is 0.272 e. The Morgan fingerprint density at radius 2 is 2.05 bits per heavy atom. The average Bonchev–Trinajstić information content (AvgIpc) is 2.41. The first kappa shape index (κ1) is 13.8. The number of ether oxygens (including phenoxy) is 2. The highest BCUT2D eigenvalue weighted by molar-refractivity contribution is 5.77. The van der Waals surface area contributed by atoms with Gasteiger partial charge in [0.25, 0.3) is 5.91 Å². The van der Waals surface area contributed by atoms with Gasteiger partial charge in [-0.15, -0.1) is 0 Å². The van der Waals surface area contributed by atoms with Crippen LogP contribution in [0.2, 0.25) is 0 Å². The molecule has 1 amide bonds. The second kappa shape index (κ2) is 6.54. The number of aryl methyl sites for hydroxylation is 2. The molecule has 0 bridgehead atoms. The van der Waals surface area contributed by atoms with Crippen LogP contribution in [0, 0.1) is 13.8 Å². The number of carbonyl (C=O) groups is 1. The molecule has 0 spiro atoms. The molecule has 0 aromatic heterocycles. The van der Waals surface area contributed by atoms with E-state index in [2.05, 4.69) is 5.43 Å². The zero-order valence-electron chi connectivity index (χ0n) is 11.4. The van der Waals surface area contributed by atoms with Crippen molar-refractivity contribution < 1.29 is 14.3 Å². The molecular formula is C14H20N2O3. The first-order chi connectivity index (χ1) is 9.15. The lowest BCUT2D eigenvalue weighted by Gasteiger charge is -2.26. The van der Waals surface area contributed by atoms with Crippen molar-refractivity contribution >= 4 is 5.91 Å². The molecule has 0 atom stereocenters. The molecule has 1 aromatic carbocycles. The van der Waals surface area contributed by atoms with Gasteiger partial charge in [-0.05, 0) is 37.1 Å². The topological polar surface area (TPSA) is 50.8 Å². The van der Waals surface area contributed by atoms with Crippen molar-refractivity contribution in [2.75, 3.05) is 32.9 Å². The number of nitrogens with zero attached hydrogens (tertiary/aromatic N) is 1. The standard InChI is InChI=1S/C14H20N2O3/c1-11-3-4-13(9-12(11)2)19-10-14(17)15-16-5-7-18-8-6-16/h3-4,9H,5-8,10H2,1-2H3,(H,15,17). The van der Waals surface area contributed by atoms with Gasteiger partial charge in [0, 0.05) is 13.1 Å². The van der Waals surface area contributed by atoms with E-state index in [0.717, 1.165) is 24.4 Å². The number of hydrogen-bond acceptors (Lipinski definition) is 4. The second-order valence-corrected chi connectivity index (χ2v) is 4.67. The second-order valence-electron chi connectivity index (χ2n) is 4.67. The fourth-order valence-electron chi connectivity index (χ4n) is 1.84. The summed E-state index contributed by atoms with van der Waals surface area (Å²) in [6.45, 7) is 6.83. The summed E-state index contributed by atoms with van der Waals surface area (Å²) >= 11 is 0. The van der Waals surface area contributed by atoms with Crippen LogP contribution in [0.25, 0.3) is 0 Å². The average molecular weight is 264 g/mol. The van der Waals surface area contributed by atoms with Crippen molar-refractivity contribution in [1.29, 1.82) is 0 Å². The third-order valence-corrected chi connectivity index (χ3v) is 3.14. The van der Waals surface area contributed by atoms with Gasteiger partial charge < -0.3 is 9.47 Å². The van der Waals surface area contributed by atoms with Crippen LogP contribution in [0.1, 0.15) is 11.1 Å². The SMILES string of the molecule is Cc1ccc(OCC(=O)NN2CCOCC2)cc1C. The van der Waals surface area contributed by atoms with Crippen molar-refractivity contribution in [1.82, 2.24) is 10.4 Å². The van der Waals surface area contributed by atoms with Gasteiger partial charge in [-0.25, -0.2) is 5.01 Å². The molecule has 104 valence electrons. The van der Waals surface area contributed by atoms with E-state index in [1.165, 1.54) is 5.56 Å². The monoisotopic (exact) mass is 264 g/mol. The molecule has 5 nitrogen and oxygen atoms in total. The van der Waals surface area contributed by atoms with Crippen molar-refractivity contribution in [3.05, 3.63) is 29.3 Å². The van der Waals surface area contributed by atoms with E-state index in [-0.39, 0.29) is 12.5 Å². The lowest BCUT2D eigenvalue weighted by Crippen LogP contribution is -2.49. The predicted octanol–water partition coefficient (Wildman–Crippen LogP) is 1.05. The van der Waals surface area contributed by atoms with Crippen molar-refractivity contribution in [3.8, 4) is 5.75 Å². The van der Waals surface area contributed by atoms with E-state index in [1.54, 1.807) is 0 Å². The molecule has 19 heavy (non-hydrogen) atoms. The van der Waals surface area contributed by atoms with Crippen LogP contribution in [-0.2, 0) is 9.53 Å². The number of hydrogen-bond donors (Lipinski definition) is 1. The molecule has 0 aliphatic carbocycles. The zero-order valence-corrected chi connectivity index (χ0v) is 11.4. The van der Waals surface area contributed by atoms with Gasteiger partial charge >= 0.3 is 0 Å². The molecule has 1 heterocycles. The van der Waals surface area contributed by atoms with Crippen LogP contribution in [0.15, 0.2) is 18.2 Å². The molecule has 0 radical (unpaired) electrons. The first-order valence-electron chi connectivity index (χ1n) is 6.47. The normalized spacial score (nSPS) is 16.1. The minimum absolute atomic E-state index is 0.0276. The molecule has 1 aliphatic rings. The molecule has 1 aromatic rings. The molecule has 2 rings (SSSR count). The van der Waals surface area contributed by atoms with E-state index < -0.39 is 0 Å². The summed E-state index contributed by atoms with van der Waals surface area (Å²) in [6, 6.07) is 5.81. The minimum atomic E-state index is -0.139. The highest BCUT2D eigenvalue weighted by Gasteiger charge is 2.13. The number of carbonyl (C=O) groups excluding carboxylic acids is 1. The Bertz CT molecular complexity index is 442. The molecule has 0 unspecified atom stereocenters. The Balaban J connectivity index is 1.77. The molecule has 1 saturated heterocycles. The highest BCUT2D eigenvalue weighted by atomic mass is 16.5. The van der Waals surface area contributed by atoms with Gasteiger partial charge in [0.15, 0.2) is 6.61 Å². The van der Waals surface area contributed by atoms with E-state index in [4.69, 9.17) is 9.47 Å². The lowest BCUT2D eigenvalue weighted by atomic mass is 10.1. The van der Waals surface area contributed by atoms with E-state index in [0.29, 0.717) is 13.2 Å². The van der Waals surface area contributed by atoms with Crippen molar-refractivity contribution in [2.24, 2.45) is 0 Å². The number of hydrazine groups is 1. The van der Waals surface area contributed by atoms with Crippen molar-refractivity contribution in [3.63, 3.8) is 0 Å². The molecule has 1 N–H and O–H groups in total. The predicted molar refractivity (Wildman–Crippen MR) is 71.9 cm³/mol. The molecule has 1 aliphatic heterocycles. The fraction of sp³-hybridized carbons (Fsp3) is 0.500. The minimum Gasteiger partial charge on any atom is -0.484 e. The summed E-state index contributed by atoms with van der Waals surface area (Å²) in [4.78, 5) is 11.7. The van der Waals surface area contributed by atoms with Gasteiger partial charge in [-0.2, -0.15) is 0 Å². The number of rotatable bonds is 4. The number of nitrogens with one attached hydrogen (secondary N) is 1. The van der Waals surface area contributed by atoms with E-state index >= 15 is 0 Å². The van der Waals surface area contributed by atoms with Gasteiger partial charge in [0.1, 0.15) is 5.75 Å². The summed E-state index contributed by atoms with van der Waals surface area (Å²) in [5.41, 5.74) is 5.18. The van der Waals surface area contributed by atoms with E-state index in [9.17, 15) is 4.79 Å². The number of morpholine rings is 1. The van der Waals surface area contributed by atoms with Crippen LogP contribution in [-0.4, -0.2) is 43.8 Å². The molecule has 1 fully saturated rings.